The summed E-state index contributed by atoms with van der Waals surface area (Å²) in [4.78, 5) is 29.1. The molecule has 1 saturated heterocycles. The summed E-state index contributed by atoms with van der Waals surface area (Å²) >= 11 is 0. The molecule has 2 aromatic heterocycles. The molecular weight excluding hydrogens is 525 g/mol. The van der Waals surface area contributed by atoms with Crippen LogP contribution >= 0.6 is 0 Å². The third-order valence-corrected chi connectivity index (χ3v) is 6.79. The first-order valence-electron chi connectivity index (χ1n) is 12.7. The maximum absolute atomic E-state index is 13.2. The van der Waals surface area contributed by atoms with Gasteiger partial charge in [0.1, 0.15) is 41.6 Å². The summed E-state index contributed by atoms with van der Waals surface area (Å²) in [6, 6.07) is 8.08. The number of aliphatic hydroxyl groups is 2. The second-order valence-electron chi connectivity index (χ2n) is 10.9. The molecule has 3 heterocycles. The number of halogens is 1. The molecule has 0 unspecified atom stereocenters. The summed E-state index contributed by atoms with van der Waals surface area (Å²) in [7, 11) is 0. The molecule has 1 aliphatic rings. The third-order valence-electron chi connectivity index (χ3n) is 6.79. The molecule has 0 aliphatic carbocycles. The molecule has 5 N–H and O–H groups in total. The van der Waals surface area contributed by atoms with E-state index in [4.69, 9.17) is 19.9 Å². The van der Waals surface area contributed by atoms with Crippen molar-refractivity contribution in [2.24, 2.45) is 11.1 Å². The predicted molar refractivity (Wildman–Crippen MR) is 140 cm³/mol. The van der Waals surface area contributed by atoms with Crippen LogP contribution in [0, 0.1) is 11.2 Å². The van der Waals surface area contributed by atoms with Crippen molar-refractivity contribution in [2.45, 2.75) is 64.1 Å². The largest absolute Gasteiger partial charge is 0.438 e. The Bertz CT molecular complexity index is 1360. The van der Waals surface area contributed by atoms with E-state index in [0.717, 1.165) is 0 Å². The van der Waals surface area contributed by atoms with Crippen LogP contribution in [-0.4, -0.2) is 74.4 Å². The van der Waals surface area contributed by atoms with Gasteiger partial charge < -0.3 is 35.5 Å². The van der Waals surface area contributed by atoms with Crippen LogP contribution in [0.2, 0.25) is 0 Å². The quantitative estimate of drug-likeness (QED) is 0.221. The lowest BCUT2D eigenvalue weighted by atomic mass is 9.93. The van der Waals surface area contributed by atoms with E-state index in [0.29, 0.717) is 16.8 Å². The molecule has 1 aromatic carbocycles. The van der Waals surface area contributed by atoms with Crippen LogP contribution in [-0.2, 0) is 35.8 Å². The first-order chi connectivity index (χ1) is 18.8. The van der Waals surface area contributed by atoms with Crippen molar-refractivity contribution in [1.82, 2.24) is 14.6 Å². The van der Waals surface area contributed by atoms with Crippen molar-refractivity contribution in [3.8, 4) is 0 Å². The smallest absolute Gasteiger partial charge is 0.313 e. The highest BCUT2D eigenvalue weighted by atomic mass is 19.1. The number of carbonyl (C=O) groups is 2. The fraction of sp³-hybridized carbons (Fsp3) is 0.481. The number of nitrogens with zero attached hydrogens (tertiary/aromatic N) is 3. The van der Waals surface area contributed by atoms with Crippen LogP contribution in [0.15, 0.2) is 42.7 Å². The minimum atomic E-state index is -1.40. The third kappa shape index (κ3) is 5.98. The number of amides is 1. The molecule has 4 rings (SSSR count). The van der Waals surface area contributed by atoms with Crippen molar-refractivity contribution < 1.29 is 38.4 Å². The molecule has 13 heteroatoms. The van der Waals surface area contributed by atoms with Gasteiger partial charge in [0.05, 0.1) is 23.8 Å². The number of ether oxygens (including phenoxy) is 3. The normalized spacial score (nSPS) is 23.8. The molecular formula is C27H34FN5O7. The zero-order valence-corrected chi connectivity index (χ0v) is 22.7. The Kier molecular flexibility index (Phi) is 8.52. The van der Waals surface area contributed by atoms with Gasteiger partial charge in [0.15, 0.2) is 12.6 Å². The van der Waals surface area contributed by atoms with Gasteiger partial charge in [-0.1, -0.05) is 12.1 Å². The Morgan fingerprint density at radius 3 is 2.60 bits per heavy atom. The first kappa shape index (κ1) is 29.5. The molecule has 1 amide bonds. The molecule has 3 aromatic rings. The predicted octanol–water partition coefficient (Wildman–Crippen LogP) is 1.28. The van der Waals surface area contributed by atoms with Crippen molar-refractivity contribution >= 4 is 23.2 Å². The summed E-state index contributed by atoms with van der Waals surface area (Å²) in [5.74, 6) is -1.19. The monoisotopic (exact) mass is 559 g/mol. The van der Waals surface area contributed by atoms with E-state index in [1.165, 1.54) is 23.0 Å². The van der Waals surface area contributed by atoms with E-state index in [9.17, 15) is 24.2 Å². The zero-order chi connectivity index (χ0) is 29.2. The Balaban J connectivity index is 1.51. The van der Waals surface area contributed by atoms with Gasteiger partial charge in [-0.3, -0.25) is 9.59 Å². The van der Waals surface area contributed by atoms with E-state index in [1.807, 2.05) is 0 Å². The molecule has 1 fully saturated rings. The van der Waals surface area contributed by atoms with Crippen LogP contribution in [0.25, 0.3) is 5.52 Å². The van der Waals surface area contributed by atoms with Crippen LogP contribution in [0.4, 0.5) is 10.2 Å². The number of benzene rings is 1. The van der Waals surface area contributed by atoms with Gasteiger partial charge in [0.2, 0.25) is 5.91 Å². The Morgan fingerprint density at radius 1 is 1.25 bits per heavy atom. The first-order valence-corrected chi connectivity index (χ1v) is 12.7. The molecule has 0 radical (unpaired) electrons. The Hall–Kier alpha value is -3.49. The lowest BCUT2D eigenvalue weighted by Crippen LogP contribution is -2.41. The number of rotatable bonds is 9. The van der Waals surface area contributed by atoms with E-state index in [-0.39, 0.29) is 18.1 Å². The minimum absolute atomic E-state index is 0.178. The molecule has 0 spiro atoms. The summed E-state index contributed by atoms with van der Waals surface area (Å²) in [5.41, 5.74) is 5.45. The van der Waals surface area contributed by atoms with E-state index in [2.05, 4.69) is 15.4 Å². The highest BCUT2D eigenvalue weighted by molar-refractivity contribution is 5.97. The maximum Gasteiger partial charge on any atom is 0.313 e. The molecule has 216 valence electrons. The number of fused-ring (bicyclic) bond motifs is 1. The fourth-order valence-electron chi connectivity index (χ4n) is 4.48. The van der Waals surface area contributed by atoms with Crippen LogP contribution in [0.3, 0.4) is 0 Å². The second-order valence-corrected chi connectivity index (χ2v) is 10.9. The van der Waals surface area contributed by atoms with Crippen LogP contribution in [0.1, 0.15) is 39.0 Å². The number of hydrogen-bond acceptors (Lipinski definition) is 10. The SMILES string of the molecule is CC(C)(C)C(=O)OCO[C@H]1[C@@H](O)[C@](C)(c2ccc3c(NC(=O)[C@@H](N)Cc4ccc(F)cc4)ncnn23)O[C@@H]1CO. The summed E-state index contributed by atoms with van der Waals surface area (Å²) in [5, 5.41) is 28.1. The van der Waals surface area contributed by atoms with Crippen molar-refractivity contribution in [2.75, 3.05) is 18.7 Å². The Morgan fingerprint density at radius 2 is 1.95 bits per heavy atom. The van der Waals surface area contributed by atoms with E-state index >= 15 is 0 Å². The van der Waals surface area contributed by atoms with Crippen molar-refractivity contribution in [3.05, 3.63) is 59.8 Å². The van der Waals surface area contributed by atoms with Gasteiger partial charge in [-0.2, -0.15) is 5.10 Å². The van der Waals surface area contributed by atoms with Crippen molar-refractivity contribution in [1.29, 1.82) is 0 Å². The molecule has 5 atom stereocenters. The molecule has 12 nitrogen and oxygen atoms in total. The van der Waals surface area contributed by atoms with Gasteiger partial charge in [-0.05, 0) is 63.9 Å². The lowest BCUT2D eigenvalue weighted by molar-refractivity contribution is -0.177. The highest BCUT2D eigenvalue weighted by Crippen LogP contribution is 2.41. The number of aromatic nitrogens is 3. The lowest BCUT2D eigenvalue weighted by Gasteiger charge is -2.28. The van der Waals surface area contributed by atoms with Crippen molar-refractivity contribution in [3.63, 3.8) is 0 Å². The number of anilines is 1. The number of nitrogens with one attached hydrogen (secondary N) is 1. The molecule has 0 bridgehead atoms. The molecule has 1 aliphatic heterocycles. The Labute approximate surface area is 230 Å². The van der Waals surface area contributed by atoms with Crippen LogP contribution in [0.5, 0.6) is 0 Å². The topological polar surface area (TPSA) is 171 Å². The standard InChI is InChI=1S/C27H34FN5O7/c1-26(2,3)25(37)39-14-38-21-19(12-34)40-27(4,22(21)35)20-10-9-18-23(30-13-31-33(18)20)32-24(36)17(29)11-15-5-7-16(28)8-6-15/h5-10,13,17,19,21-22,34-35H,11-12,14,29H2,1-4H3,(H,30,31,32,36)/t17-,19+,21+,22+,27-/m0/s1. The molecule has 0 saturated carbocycles. The van der Waals surface area contributed by atoms with Crippen LogP contribution < -0.4 is 11.1 Å². The second kappa shape index (κ2) is 11.6. The minimum Gasteiger partial charge on any atom is -0.438 e. The van der Waals surface area contributed by atoms with E-state index < -0.39 is 60.6 Å². The van der Waals surface area contributed by atoms with Gasteiger partial charge in [0.25, 0.3) is 0 Å². The highest BCUT2D eigenvalue weighted by Gasteiger charge is 2.54. The molecule has 40 heavy (non-hydrogen) atoms. The average Bonchev–Trinajstić information content (AvgIpc) is 3.45. The van der Waals surface area contributed by atoms with Gasteiger partial charge in [-0.15, -0.1) is 0 Å². The number of esters is 1. The van der Waals surface area contributed by atoms with Gasteiger partial charge >= 0.3 is 5.97 Å². The summed E-state index contributed by atoms with van der Waals surface area (Å²) < 4.78 is 31.5. The number of carbonyl (C=O) groups excluding carboxylic acids is 2. The fourth-order valence-corrected chi connectivity index (χ4v) is 4.48. The number of aliphatic hydroxyl groups excluding tert-OH is 2. The van der Waals surface area contributed by atoms with E-state index in [1.54, 1.807) is 52.0 Å². The zero-order valence-electron chi connectivity index (χ0n) is 22.7. The number of nitrogens with two attached hydrogens (primary N) is 1. The van der Waals surface area contributed by atoms with Gasteiger partial charge in [-0.25, -0.2) is 13.9 Å². The number of hydrogen-bond donors (Lipinski definition) is 4. The van der Waals surface area contributed by atoms with Gasteiger partial charge in [0, 0.05) is 0 Å². The summed E-state index contributed by atoms with van der Waals surface area (Å²) in [6.07, 6.45) is -1.81. The maximum atomic E-state index is 13.2. The average molecular weight is 560 g/mol. The summed E-state index contributed by atoms with van der Waals surface area (Å²) in [6.45, 7) is 5.82.